The Balaban J connectivity index is 1.42. The maximum atomic E-state index is 14.4. The molecule has 0 spiro atoms. The summed E-state index contributed by atoms with van der Waals surface area (Å²) in [6, 6.07) is 2.34. The minimum atomic E-state index is -5.49. The van der Waals surface area contributed by atoms with Crippen LogP contribution >= 0.6 is 15.6 Å². The number of aliphatic carboxylic acids is 1. The van der Waals surface area contributed by atoms with Gasteiger partial charge in [0.25, 0.3) is 11.1 Å². The minimum absolute atomic E-state index is 0.152. The van der Waals surface area contributed by atoms with Crippen molar-refractivity contribution in [3.8, 4) is 5.75 Å². The number of carbonyl (C=O) groups is 6. The number of phosphoric ester groups is 2. The maximum absolute atomic E-state index is 14.4. The molecule has 5 rings (SSSR count). The average molecular weight is 1390 g/mol. The lowest BCUT2D eigenvalue weighted by atomic mass is 10.0. The molecule has 0 saturated carbocycles. The Hall–Kier alpha value is -6.81. The molecular weight excluding hydrogens is 1310 g/mol. The van der Waals surface area contributed by atoms with Gasteiger partial charge in [0.15, 0.2) is 29.1 Å². The monoisotopic (exact) mass is 1390 g/mol. The highest BCUT2D eigenvalue weighted by molar-refractivity contribution is 7.48. The van der Waals surface area contributed by atoms with Gasteiger partial charge in [-0.05, 0) is 67.8 Å². The molecule has 3 aromatic rings. The van der Waals surface area contributed by atoms with Crippen LogP contribution in [0.1, 0.15) is 73.4 Å². The molecule has 39 heteroatoms. The third-order valence-corrected chi connectivity index (χ3v) is 26.6. The van der Waals surface area contributed by atoms with Crippen LogP contribution in [0.5, 0.6) is 5.75 Å². The van der Waals surface area contributed by atoms with Crippen molar-refractivity contribution in [1.82, 2.24) is 45.7 Å². The zero-order valence-corrected chi connectivity index (χ0v) is 57.0. The number of aliphatic hydroxyl groups is 2. The Kier molecular flexibility index (Phi) is 26.1. The van der Waals surface area contributed by atoms with E-state index in [1.807, 2.05) is 59.6 Å². The van der Waals surface area contributed by atoms with Gasteiger partial charge in [0.05, 0.1) is 19.3 Å². The number of H-pyrrole nitrogens is 2. The molecule has 5 amide bonds. The molecule has 4 heterocycles. The Labute approximate surface area is 534 Å². The van der Waals surface area contributed by atoms with Gasteiger partial charge in [-0.2, -0.15) is 0 Å². The molecule has 2 fully saturated rings. The summed E-state index contributed by atoms with van der Waals surface area (Å²) in [5.41, 5.74) is -3.44. The van der Waals surface area contributed by atoms with Gasteiger partial charge < -0.3 is 74.4 Å². The van der Waals surface area contributed by atoms with Gasteiger partial charge in [0.2, 0.25) is 23.6 Å². The number of benzene rings is 1. The van der Waals surface area contributed by atoms with Crippen molar-refractivity contribution in [2.75, 3.05) is 32.9 Å². The molecule has 2 aromatic heterocycles. The highest BCUT2D eigenvalue weighted by atomic mass is 31.2. The van der Waals surface area contributed by atoms with Crippen molar-refractivity contribution in [1.29, 1.82) is 0 Å². The summed E-state index contributed by atoms with van der Waals surface area (Å²) in [5, 5.41) is 41.9. The third kappa shape index (κ3) is 21.6. The van der Waals surface area contributed by atoms with Crippen LogP contribution in [0.15, 0.2) is 80.6 Å². The van der Waals surface area contributed by atoms with Gasteiger partial charge in [0.1, 0.15) is 80.2 Å². The fraction of sp³-hybridized carbons (Fsp3) is 0.593. The molecule has 2 unspecified atom stereocenters. The second kappa shape index (κ2) is 31.6. The molecule has 14 atom stereocenters. The van der Waals surface area contributed by atoms with E-state index in [0.29, 0.717) is 0 Å². The summed E-state index contributed by atoms with van der Waals surface area (Å²) in [7, 11) is -16.6. The number of phosphoric acid groups is 2. The van der Waals surface area contributed by atoms with E-state index >= 15 is 0 Å². The van der Waals surface area contributed by atoms with Crippen molar-refractivity contribution >= 4 is 68.0 Å². The van der Waals surface area contributed by atoms with E-state index in [2.05, 4.69) is 38.1 Å². The fourth-order valence-electron chi connectivity index (χ4n) is 8.62. The number of aromatic amines is 2. The normalized spacial score (nSPS) is 22.8. The summed E-state index contributed by atoms with van der Waals surface area (Å²) in [5.74, 6) is -5.45. The van der Waals surface area contributed by atoms with Crippen LogP contribution in [0.25, 0.3) is 0 Å². The van der Waals surface area contributed by atoms with Crippen LogP contribution in [0, 0.1) is 0 Å². The van der Waals surface area contributed by atoms with Crippen LogP contribution < -0.4 is 53.6 Å². The SMILES string of the molecule is C=CCOC(=O)NCC(=O)N[C@@H](C)C(=O)N[C@@H](Cc1ccc(OP(=O)(O)OC[C@H]2O[C@@H](n3ccc(=O)[nH]c3=O)[C@H](O[Si](C)(C)C(C)(C)C)[C@@H]2OP(=O)(O)OC[C@H]2O[C@@H](n3ccc(=O)[nH]c3=O)[C@H](O)[C@@H]2O)cc1)C(=O)N[C@H](C(=O)NCC(=O)O)[C@@H](C)O[Si](C)(C)C(C)(C)C. The van der Waals surface area contributed by atoms with Crippen LogP contribution in [-0.2, 0) is 76.2 Å². The van der Waals surface area contributed by atoms with Crippen molar-refractivity contribution < 1.29 is 104 Å². The Morgan fingerprint density at radius 3 is 1.81 bits per heavy atom. The minimum Gasteiger partial charge on any atom is -0.480 e. The zero-order valence-electron chi connectivity index (χ0n) is 53.2. The number of hydrogen-bond donors (Lipinski definition) is 12. The molecule has 2 aliphatic rings. The van der Waals surface area contributed by atoms with E-state index < -0.39 is 207 Å². The van der Waals surface area contributed by atoms with Crippen molar-refractivity contribution in [2.45, 2.75) is 171 Å². The smallest absolute Gasteiger partial charge is 0.480 e. The van der Waals surface area contributed by atoms with Gasteiger partial charge in [-0.3, -0.25) is 71.1 Å². The number of rotatable bonds is 31. The Bertz CT molecular complexity index is 3520. The summed E-state index contributed by atoms with van der Waals surface area (Å²) >= 11 is 0. The number of amides is 5. The summed E-state index contributed by atoms with van der Waals surface area (Å²) in [4.78, 5) is 154. The number of aliphatic hydroxyl groups excluding tert-OH is 2. The Morgan fingerprint density at radius 2 is 1.26 bits per heavy atom. The number of nitrogens with zero attached hydrogens (tertiary/aromatic N) is 2. The first-order valence-corrected chi connectivity index (χ1v) is 37.7. The van der Waals surface area contributed by atoms with Crippen molar-refractivity contribution in [3.05, 3.63) is 109 Å². The number of ether oxygens (including phenoxy) is 3. The number of carboxylic acids is 1. The lowest BCUT2D eigenvalue weighted by molar-refractivity contribution is -0.139. The van der Waals surface area contributed by atoms with Crippen LogP contribution in [-0.4, -0.2) is 190 Å². The van der Waals surface area contributed by atoms with E-state index in [1.165, 1.54) is 32.1 Å². The maximum Gasteiger partial charge on any atom is 0.527 e. The van der Waals surface area contributed by atoms with E-state index in [-0.39, 0.29) is 17.9 Å². The second-order valence-electron chi connectivity index (χ2n) is 24.8. The first-order valence-electron chi connectivity index (χ1n) is 28.9. The average Bonchev–Trinajstić information content (AvgIpc) is 1.65. The standard InChI is InChI=1S/C54H83N9O26P2Si2/c1-14-23-81-52(76)56-25-38(66)57-29(2)45(71)58-33(46(72)61-40(47(73)55-26-39(67)68)30(3)88-92(10,11)53(4,5)6)24-31-15-17-32(18-16-31)86-90(77,78)83-28-35-43(44(89-93(12,13)54(7,8)9)49(85-35)63-22-20-37(65)60-51(63)75)87-91(79,80)82-27-34-41(69)42(70)48(84-34)62-21-19-36(64)59-50(62)74/h14-22,29-30,33-35,40-44,48-49,69-70H,1,23-28H2,2-13H3,(H,55,73)(H,56,76)(H,57,66)(H,58,71)(H,61,72)(H,67,68)(H,77,78)(H,79,80)(H,59,64,74)(H,60,65,75)/t29-,30+,33-,34+,35+,40-,41+,42+,43+,44+,48+,49+/m0/s1. The molecule has 93 heavy (non-hydrogen) atoms. The first-order chi connectivity index (χ1) is 42.9. The molecule has 0 bridgehead atoms. The van der Waals surface area contributed by atoms with Crippen LogP contribution in [0.2, 0.25) is 36.3 Å². The number of carbonyl (C=O) groups excluding carboxylic acids is 5. The van der Waals surface area contributed by atoms with E-state index in [4.69, 9.17) is 41.2 Å². The zero-order chi connectivity index (χ0) is 69.9. The Morgan fingerprint density at radius 1 is 0.710 bits per heavy atom. The highest BCUT2D eigenvalue weighted by Crippen LogP contribution is 2.52. The molecule has 35 nitrogen and oxygen atoms in total. The lowest BCUT2D eigenvalue weighted by Crippen LogP contribution is -2.61. The number of hydrogen-bond acceptors (Lipinski definition) is 23. The lowest BCUT2D eigenvalue weighted by Gasteiger charge is -2.40. The predicted octanol–water partition coefficient (Wildman–Crippen LogP) is 0.232. The summed E-state index contributed by atoms with van der Waals surface area (Å²) in [6.45, 7) is 21.1. The summed E-state index contributed by atoms with van der Waals surface area (Å²) < 4.78 is 81.1. The van der Waals surface area contributed by atoms with Crippen LogP contribution in [0.3, 0.4) is 0 Å². The highest BCUT2D eigenvalue weighted by Gasteiger charge is 2.55. The number of alkyl carbamates (subject to hydrolysis) is 1. The molecule has 0 aliphatic carbocycles. The summed E-state index contributed by atoms with van der Waals surface area (Å²) in [6.07, 6.45) is -12.9. The predicted molar refractivity (Wildman–Crippen MR) is 331 cm³/mol. The first kappa shape index (κ1) is 76.9. The van der Waals surface area contributed by atoms with Crippen molar-refractivity contribution in [3.63, 3.8) is 0 Å². The van der Waals surface area contributed by atoms with Crippen LogP contribution in [0.4, 0.5) is 4.79 Å². The molecular formula is C54H83N9O26P2Si2. The van der Waals surface area contributed by atoms with Gasteiger partial charge >= 0.3 is 39.1 Å². The van der Waals surface area contributed by atoms with Gasteiger partial charge in [-0.1, -0.05) is 66.3 Å². The van der Waals surface area contributed by atoms with Gasteiger partial charge in [-0.25, -0.2) is 23.5 Å². The fourth-order valence-corrected chi connectivity index (χ4v) is 13.1. The van der Waals surface area contributed by atoms with Crippen molar-refractivity contribution in [2.24, 2.45) is 0 Å². The molecule has 518 valence electrons. The topological polar surface area (TPSA) is 491 Å². The van der Waals surface area contributed by atoms with E-state index in [0.717, 1.165) is 45.8 Å². The molecule has 1 aromatic carbocycles. The number of nitrogens with one attached hydrogen (secondary N) is 7. The van der Waals surface area contributed by atoms with E-state index in [9.17, 15) is 82.2 Å². The molecule has 2 saturated heterocycles. The third-order valence-electron chi connectivity index (χ3n) is 15.6. The van der Waals surface area contributed by atoms with Gasteiger partial charge in [0, 0.05) is 30.9 Å². The number of aromatic nitrogens is 4. The second-order valence-corrected chi connectivity index (χ2v) is 37.1. The molecule has 12 N–H and O–H groups in total. The number of carboxylic acid groups (broad SMARTS) is 1. The molecule has 0 radical (unpaired) electrons. The molecule has 2 aliphatic heterocycles. The quantitative estimate of drug-likeness (QED) is 0.0233. The largest absolute Gasteiger partial charge is 0.527 e. The van der Waals surface area contributed by atoms with Gasteiger partial charge in [-0.15, -0.1) is 0 Å². The van der Waals surface area contributed by atoms with E-state index in [1.54, 1.807) is 13.1 Å².